The second-order valence-corrected chi connectivity index (χ2v) is 12.5. The van der Waals surface area contributed by atoms with Crippen molar-refractivity contribution < 1.29 is 0 Å². The average Bonchev–Trinajstić information content (AvgIpc) is 3.09. The quantitative estimate of drug-likeness (QED) is 0.449. The lowest BCUT2D eigenvalue weighted by atomic mass is 9.42. The summed E-state index contributed by atoms with van der Waals surface area (Å²) in [5, 5.41) is 2.55. The van der Waals surface area contributed by atoms with Crippen LogP contribution in [0.15, 0.2) is 54.4 Å². The molecule has 4 aliphatic rings. The molecule has 174 valence electrons. The van der Waals surface area contributed by atoms with Crippen molar-refractivity contribution in [2.24, 2.45) is 28.1 Å². The first-order valence-corrected chi connectivity index (χ1v) is 13.2. The van der Waals surface area contributed by atoms with Crippen LogP contribution in [0.4, 0.5) is 0 Å². The Kier molecular flexibility index (Phi) is 4.77. The first-order chi connectivity index (χ1) is 15.8. The lowest BCUT2D eigenvalue weighted by Crippen LogP contribution is -2.55. The van der Waals surface area contributed by atoms with Gasteiger partial charge in [-0.15, -0.1) is 0 Å². The first kappa shape index (κ1) is 21.6. The molecule has 2 fully saturated rings. The first-order valence-electron chi connectivity index (χ1n) is 13.2. The van der Waals surface area contributed by atoms with Gasteiger partial charge in [-0.1, -0.05) is 50.6 Å². The molecule has 0 aliphatic heterocycles. The number of rotatable bonds is 2. The van der Waals surface area contributed by atoms with Crippen LogP contribution in [0, 0.1) is 28.1 Å². The van der Waals surface area contributed by atoms with Crippen LogP contribution < -0.4 is 0 Å². The van der Waals surface area contributed by atoms with E-state index in [1.165, 1.54) is 61.3 Å². The number of benzene rings is 1. The van der Waals surface area contributed by atoms with Gasteiger partial charge in [-0.3, -0.25) is 4.98 Å². The minimum absolute atomic E-state index is 0.257. The zero-order chi connectivity index (χ0) is 23.0. The molecule has 1 aromatic heterocycles. The van der Waals surface area contributed by atoms with Crippen molar-refractivity contribution in [2.45, 2.75) is 71.8 Å². The molecule has 1 aromatic carbocycles. The molecule has 2 nitrogen and oxygen atoms in total. The second kappa shape index (κ2) is 7.28. The Morgan fingerprint density at radius 1 is 0.939 bits per heavy atom. The van der Waals surface area contributed by atoms with Gasteiger partial charge in [-0.05, 0) is 116 Å². The van der Waals surface area contributed by atoms with Crippen molar-refractivity contribution in [2.75, 3.05) is 14.1 Å². The molecule has 2 saturated carbocycles. The summed E-state index contributed by atoms with van der Waals surface area (Å²) in [5.41, 5.74) is 5.83. The van der Waals surface area contributed by atoms with Crippen LogP contribution >= 0.6 is 0 Å². The lowest BCUT2D eigenvalue weighted by molar-refractivity contribution is -0.0752. The molecule has 0 N–H and O–H groups in total. The highest BCUT2D eigenvalue weighted by atomic mass is 15.1. The molecule has 0 radical (unpaired) electrons. The predicted octanol–water partition coefficient (Wildman–Crippen LogP) is 7.51. The van der Waals surface area contributed by atoms with Gasteiger partial charge in [0.1, 0.15) is 0 Å². The number of nitrogens with zero attached hydrogens (tertiary/aromatic N) is 2. The number of aromatic nitrogens is 1. The smallest absolute Gasteiger partial charge is 0.0346 e. The number of allylic oxidation sites excluding steroid dienone is 3. The van der Waals surface area contributed by atoms with Crippen LogP contribution in [-0.4, -0.2) is 30.0 Å². The molecule has 0 saturated heterocycles. The maximum atomic E-state index is 4.38. The van der Waals surface area contributed by atoms with Crippen molar-refractivity contribution in [1.82, 2.24) is 9.88 Å². The fourth-order valence-electron chi connectivity index (χ4n) is 8.68. The Labute approximate surface area is 200 Å². The van der Waals surface area contributed by atoms with Crippen LogP contribution in [0.5, 0.6) is 0 Å². The topological polar surface area (TPSA) is 16.1 Å². The van der Waals surface area contributed by atoms with E-state index in [4.69, 9.17) is 0 Å². The van der Waals surface area contributed by atoms with Gasteiger partial charge in [0.2, 0.25) is 0 Å². The maximum Gasteiger partial charge on any atom is 0.0346 e. The standard InChI is InChI=1S/C31H40N2/c1-29-14-10-25(33(4)5)19-24(29)8-9-28-27(29)12-16-30(2)26(11-15-31(28,30)3)22-7-6-21-13-17-32-20-23(21)18-22/h6-8,11,13,17-18,20,25,27-28H,9-10,12,14-16,19H2,1-5H3/t25-,27?,28+,29-,30+,31-/m0/s1. The Morgan fingerprint density at radius 3 is 2.61 bits per heavy atom. The predicted molar refractivity (Wildman–Crippen MR) is 139 cm³/mol. The molecule has 6 rings (SSSR count). The molecule has 2 aromatic rings. The summed E-state index contributed by atoms with van der Waals surface area (Å²) in [6, 6.07) is 9.89. The number of hydrogen-bond acceptors (Lipinski definition) is 2. The van der Waals surface area contributed by atoms with E-state index in [2.05, 4.69) is 81.2 Å². The van der Waals surface area contributed by atoms with Crippen LogP contribution in [0.2, 0.25) is 0 Å². The molecule has 6 atom stereocenters. The average molecular weight is 441 g/mol. The monoisotopic (exact) mass is 440 g/mol. The summed E-state index contributed by atoms with van der Waals surface area (Å²) in [7, 11) is 4.53. The summed E-state index contributed by atoms with van der Waals surface area (Å²) in [6.07, 6.45) is 18.5. The van der Waals surface area contributed by atoms with Gasteiger partial charge in [-0.2, -0.15) is 0 Å². The summed E-state index contributed by atoms with van der Waals surface area (Å²) in [6.45, 7) is 7.87. The van der Waals surface area contributed by atoms with Gasteiger partial charge in [0.25, 0.3) is 0 Å². The third-order valence-electron chi connectivity index (χ3n) is 11.1. The number of pyridine rings is 1. The summed E-state index contributed by atoms with van der Waals surface area (Å²) in [5.74, 6) is 1.63. The van der Waals surface area contributed by atoms with E-state index >= 15 is 0 Å². The van der Waals surface area contributed by atoms with Crippen molar-refractivity contribution in [1.29, 1.82) is 0 Å². The Balaban J connectivity index is 1.35. The number of hydrogen-bond donors (Lipinski definition) is 0. The van der Waals surface area contributed by atoms with Gasteiger partial charge in [0.05, 0.1) is 0 Å². The zero-order valence-electron chi connectivity index (χ0n) is 21.2. The Hall–Kier alpha value is -1.93. The maximum absolute atomic E-state index is 4.38. The molecule has 0 spiro atoms. The van der Waals surface area contributed by atoms with Gasteiger partial charge in [0, 0.05) is 23.8 Å². The Morgan fingerprint density at radius 2 is 1.79 bits per heavy atom. The van der Waals surface area contributed by atoms with E-state index in [0.29, 0.717) is 10.8 Å². The second-order valence-electron chi connectivity index (χ2n) is 12.5. The lowest BCUT2D eigenvalue weighted by Gasteiger charge is -2.62. The molecular weight excluding hydrogens is 400 g/mol. The van der Waals surface area contributed by atoms with E-state index in [1.54, 1.807) is 11.1 Å². The summed E-state index contributed by atoms with van der Waals surface area (Å²) < 4.78 is 0. The van der Waals surface area contributed by atoms with Crippen LogP contribution in [0.25, 0.3) is 16.3 Å². The largest absolute Gasteiger partial charge is 0.306 e. The van der Waals surface area contributed by atoms with E-state index < -0.39 is 0 Å². The molecule has 4 aliphatic carbocycles. The van der Waals surface area contributed by atoms with E-state index in [1.807, 2.05) is 12.4 Å². The third kappa shape index (κ3) is 2.92. The van der Waals surface area contributed by atoms with E-state index in [0.717, 1.165) is 17.9 Å². The molecule has 0 amide bonds. The van der Waals surface area contributed by atoms with Gasteiger partial charge in [-0.25, -0.2) is 0 Å². The van der Waals surface area contributed by atoms with Crippen LogP contribution in [-0.2, 0) is 0 Å². The fourth-order valence-corrected chi connectivity index (χ4v) is 8.68. The van der Waals surface area contributed by atoms with Gasteiger partial charge >= 0.3 is 0 Å². The fraction of sp³-hybridized carbons (Fsp3) is 0.581. The highest BCUT2D eigenvalue weighted by Gasteiger charge is 2.62. The minimum Gasteiger partial charge on any atom is -0.306 e. The normalized spacial score (nSPS) is 40.1. The summed E-state index contributed by atoms with van der Waals surface area (Å²) >= 11 is 0. The minimum atomic E-state index is 0.257. The van der Waals surface area contributed by atoms with Crippen molar-refractivity contribution in [3.05, 3.63) is 59.9 Å². The third-order valence-corrected chi connectivity index (χ3v) is 11.1. The molecule has 2 heteroatoms. The van der Waals surface area contributed by atoms with Crippen LogP contribution in [0.1, 0.15) is 71.3 Å². The van der Waals surface area contributed by atoms with E-state index in [9.17, 15) is 0 Å². The zero-order valence-corrected chi connectivity index (χ0v) is 21.2. The molecule has 33 heavy (non-hydrogen) atoms. The summed E-state index contributed by atoms with van der Waals surface area (Å²) in [4.78, 5) is 6.84. The Bertz CT molecular complexity index is 1160. The SMILES string of the molecule is CN(C)[C@H]1CC[C@@]2(C)C(=CC[C@@H]3C2CC[C@]2(C)C(c4ccc5ccncc5c4)=CC[C@@]32C)C1. The highest BCUT2D eigenvalue weighted by Crippen LogP contribution is 2.71. The number of fused-ring (bicyclic) bond motifs is 6. The molecule has 1 heterocycles. The van der Waals surface area contributed by atoms with Crippen LogP contribution in [0.3, 0.4) is 0 Å². The van der Waals surface area contributed by atoms with Crippen molar-refractivity contribution >= 4 is 16.3 Å². The van der Waals surface area contributed by atoms with Gasteiger partial charge in [0.15, 0.2) is 0 Å². The molecule has 1 unspecified atom stereocenters. The van der Waals surface area contributed by atoms with Gasteiger partial charge < -0.3 is 4.90 Å². The van der Waals surface area contributed by atoms with Crippen molar-refractivity contribution in [3.63, 3.8) is 0 Å². The highest BCUT2D eigenvalue weighted by molar-refractivity contribution is 5.87. The molecule has 0 bridgehead atoms. The van der Waals surface area contributed by atoms with Crippen molar-refractivity contribution in [3.8, 4) is 0 Å². The molecular formula is C31H40N2. The van der Waals surface area contributed by atoms with E-state index in [-0.39, 0.29) is 5.41 Å².